The summed E-state index contributed by atoms with van der Waals surface area (Å²) in [6, 6.07) is 13.6. The van der Waals surface area contributed by atoms with Gasteiger partial charge in [-0.25, -0.2) is 4.79 Å². The van der Waals surface area contributed by atoms with Crippen LogP contribution in [0, 0.1) is 0 Å². The minimum atomic E-state index is -0.161. The third-order valence-corrected chi connectivity index (χ3v) is 5.48. The number of carbonyl (C=O) groups excluding carboxylic acids is 2. The van der Waals surface area contributed by atoms with Crippen molar-refractivity contribution in [3.63, 3.8) is 0 Å². The number of ether oxygens (including phenoxy) is 2. The van der Waals surface area contributed by atoms with E-state index in [-0.39, 0.29) is 18.5 Å². The maximum absolute atomic E-state index is 12.7. The Morgan fingerprint density at radius 2 is 1.74 bits per heavy atom. The quantitative estimate of drug-likeness (QED) is 0.668. The summed E-state index contributed by atoms with van der Waals surface area (Å²) in [5, 5.41) is 2.90. The molecule has 166 valence electrons. The summed E-state index contributed by atoms with van der Waals surface area (Å²) in [6.07, 6.45) is 0.661. The van der Waals surface area contributed by atoms with Gasteiger partial charge in [-0.05, 0) is 47.7 Å². The van der Waals surface area contributed by atoms with Crippen LogP contribution in [0.2, 0.25) is 0 Å². The lowest BCUT2D eigenvalue weighted by Crippen LogP contribution is -2.40. The van der Waals surface area contributed by atoms with Crippen molar-refractivity contribution >= 4 is 17.6 Å². The van der Waals surface area contributed by atoms with E-state index >= 15 is 0 Å². The zero-order chi connectivity index (χ0) is 22.4. The van der Waals surface area contributed by atoms with E-state index in [2.05, 4.69) is 31.3 Å². The van der Waals surface area contributed by atoms with E-state index in [0.29, 0.717) is 43.5 Å². The van der Waals surface area contributed by atoms with Crippen LogP contribution < -0.4 is 19.7 Å². The van der Waals surface area contributed by atoms with E-state index in [1.54, 1.807) is 24.0 Å². The van der Waals surface area contributed by atoms with Gasteiger partial charge in [-0.2, -0.15) is 0 Å². The van der Waals surface area contributed by atoms with Gasteiger partial charge in [0.05, 0.1) is 14.2 Å². The highest BCUT2D eigenvalue weighted by Crippen LogP contribution is 2.27. The standard InChI is InChI=1S/C24H31N3O4/c1-17(2)19-6-8-20(9-7-19)27-14-13-26(24(27)29)16-23(28)25-12-11-18-5-10-21(30-3)22(15-18)31-4/h5-10,15,17H,11-14,16H2,1-4H3,(H,25,28). The molecule has 0 saturated carbocycles. The molecule has 3 amide bonds. The Morgan fingerprint density at radius 1 is 1.03 bits per heavy atom. The summed E-state index contributed by atoms with van der Waals surface area (Å²) in [5.74, 6) is 1.62. The molecule has 0 bridgehead atoms. The molecule has 2 aromatic carbocycles. The number of urea groups is 1. The minimum Gasteiger partial charge on any atom is -0.493 e. The van der Waals surface area contributed by atoms with Gasteiger partial charge >= 0.3 is 6.03 Å². The van der Waals surface area contributed by atoms with Crippen LogP contribution in [0.15, 0.2) is 42.5 Å². The molecule has 0 atom stereocenters. The molecule has 0 radical (unpaired) electrons. The molecule has 7 nitrogen and oxygen atoms in total. The summed E-state index contributed by atoms with van der Waals surface area (Å²) in [4.78, 5) is 28.4. The second-order valence-corrected chi connectivity index (χ2v) is 7.89. The topological polar surface area (TPSA) is 71.1 Å². The van der Waals surface area contributed by atoms with E-state index in [0.717, 1.165) is 11.3 Å². The summed E-state index contributed by atoms with van der Waals surface area (Å²) >= 11 is 0. The number of nitrogens with one attached hydrogen (secondary N) is 1. The molecule has 31 heavy (non-hydrogen) atoms. The van der Waals surface area contributed by atoms with E-state index < -0.39 is 0 Å². The predicted molar refractivity (Wildman–Crippen MR) is 121 cm³/mol. The van der Waals surface area contributed by atoms with Gasteiger partial charge in [-0.3, -0.25) is 9.69 Å². The number of amides is 3. The summed E-state index contributed by atoms with van der Waals surface area (Å²) < 4.78 is 10.5. The smallest absolute Gasteiger partial charge is 0.325 e. The van der Waals surface area contributed by atoms with Gasteiger partial charge < -0.3 is 19.7 Å². The zero-order valence-electron chi connectivity index (χ0n) is 18.7. The summed E-state index contributed by atoms with van der Waals surface area (Å²) in [5.41, 5.74) is 3.14. The van der Waals surface area contributed by atoms with Crippen molar-refractivity contribution in [2.24, 2.45) is 0 Å². The van der Waals surface area contributed by atoms with Gasteiger partial charge in [0.15, 0.2) is 11.5 Å². The summed E-state index contributed by atoms with van der Waals surface area (Å²) in [7, 11) is 3.19. The first-order valence-corrected chi connectivity index (χ1v) is 10.6. The maximum Gasteiger partial charge on any atom is 0.325 e. The molecule has 0 aliphatic carbocycles. The van der Waals surface area contributed by atoms with Crippen LogP contribution >= 0.6 is 0 Å². The molecule has 3 rings (SSSR count). The first kappa shape index (κ1) is 22.5. The van der Waals surface area contributed by atoms with Crippen molar-refractivity contribution < 1.29 is 19.1 Å². The highest BCUT2D eigenvalue weighted by molar-refractivity contribution is 5.96. The normalized spacial score (nSPS) is 13.6. The molecule has 0 aromatic heterocycles. The second-order valence-electron chi connectivity index (χ2n) is 7.89. The molecule has 0 spiro atoms. The first-order chi connectivity index (χ1) is 14.9. The Hall–Kier alpha value is -3.22. The Bertz CT molecular complexity index is 912. The lowest BCUT2D eigenvalue weighted by molar-refractivity contribution is -0.121. The lowest BCUT2D eigenvalue weighted by atomic mass is 10.0. The van der Waals surface area contributed by atoms with Crippen molar-refractivity contribution in [1.82, 2.24) is 10.2 Å². The molecular formula is C24H31N3O4. The fraction of sp³-hybridized carbons (Fsp3) is 0.417. The second kappa shape index (κ2) is 10.2. The SMILES string of the molecule is COc1ccc(CCNC(=O)CN2CCN(c3ccc(C(C)C)cc3)C2=O)cc1OC. The Morgan fingerprint density at radius 3 is 2.39 bits per heavy atom. The monoisotopic (exact) mass is 425 g/mol. The molecule has 0 unspecified atom stereocenters. The number of hydrogen-bond donors (Lipinski definition) is 1. The van der Waals surface area contributed by atoms with Crippen LogP contribution in [0.5, 0.6) is 11.5 Å². The maximum atomic E-state index is 12.7. The molecule has 1 N–H and O–H groups in total. The van der Waals surface area contributed by atoms with Crippen molar-refractivity contribution in [3.8, 4) is 11.5 Å². The van der Waals surface area contributed by atoms with Gasteiger partial charge in [-0.1, -0.05) is 32.0 Å². The third kappa shape index (κ3) is 5.48. The molecular weight excluding hydrogens is 394 g/mol. The molecule has 1 fully saturated rings. The molecule has 1 heterocycles. The largest absolute Gasteiger partial charge is 0.493 e. The van der Waals surface area contributed by atoms with Gasteiger partial charge in [0.1, 0.15) is 6.54 Å². The first-order valence-electron chi connectivity index (χ1n) is 10.6. The number of anilines is 1. The van der Waals surface area contributed by atoms with Crippen LogP contribution in [-0.2, 0) is 11.2 Å². The number of benzene rings is 2. The zero-order valence-corrected chi connectivity index (χ0v) is 18.7. The van der Waals surface area contributed by atoms with Crippen molar-refractivity contribution in [3.05, 3.63) is 53.6 Å². The number of nitrogens with zero attached hydrogens (tertiary/aromatic N) is 2. The van der Waals surface area contributed by atoms with E-state index in [9.17, 15) is 9.59 Å². The molecule has 1 aliphatic rings. The molecule has 2 aromatic rings. The van der Waals surface area contributed by atoms with Crippen LogP contribution in [-0.4, -0.2) is 57.2 Å². The Balaban J connectivity index is 1.48. The van der Waals surface area contributed by atoms with Crippen molar-refractivity contribution in [2.45, 2.75) is 26.2 Å². The van der Waals surface area contributed by atoms with Gasteiger partial charge in [-0.15, -0.1) is 0 Å². The summed E-state index contributed by atoms with van der Waals surface area (Å²) in [6.45, 7) is 5.94. The Kier molecular flexibility index (Phi) is 7.39. The number of rotatable bonds is 9. The van der Waals surface area contributed by atoms with Gasteiger partial charge in [0.2, 0.25) is 5.91 Å². The van der Waals surface area contributed by atoms with Crippen LogP contribution in [0.1, 0.15) is 30.9 Å². The Labute approximate surface area is 183 Å². The van der Waals surface area contributed by atoms with Crippen molar-refractivity contribution in [1.29, 1.82) is 0 Å². The third-order valence-electron chi connectivity index (χ3n) is 5.48. The van der Waals surface area contributed by atoms with Crippen LogP contribution in [0.25, 0.3) is 0 Å². The lowest BCUT2D eigenvalue weighted by Gasteiger charge is -2.19. The fourth-order valence-electron chi connectivity index (χ4n) is 3.62. The van der Waals surface area contributed by atoms with Gasteiger partial charge in [0.25, 0.3) is 0 Å². The van der Waals surface area contributed by atoms with E-state index in [1.165, 1.54) is 5.56 Å². The molecule has 1 saturated heterocycles. The average molecular weight is 426 g/mol. The number of carbonyl (C=O) groups is 2. The van der Waals surface area contributed by atoms with E-state index in [4.69, 9.17) is 9.47 Å². The van der Waals surface area contributed by atoms with E-state index in [1.807, 2.05) is 30.3 Å². The number of hydrogen-bond acceptors (Lipinski definition) is 4. The predicted octanol–water partition coefficient (Wildman–Crippen LogP) is 3.43. The fourth-order valence-corrected chi connectivity index (χ4v) is 3.62. The highest BCUT2D eigenvalue weighted by atomic mass is 16.5. The average Bonchev–Trinajstić information content (AvgIpc) is 3.13. The highest BCUT2D eigenvalue weighted by Gasteiger charge is 2.30. The van der Waals surface area contributed by atoms with Gasteiger partial charge in [0, 0.05) is 25.3 Å². The van der Waals surface area contributed by atoms with Crippen molar-refractivity contribution in [2.75, 3.05) is 45.3 Å². The van der Waals surface area contributed by atoms with Crippen LogP contribution in [0.4, 0.5) is 10.5 Å². The van der Waals surface area contributed by atoms with Crippen LogP contribution in [0.3, 0.4) is 0 Å². The molecule has 7 heteroatoms. The molecule has 1 aliphatic heterocycles. The minimum absolute atomic E-state index is 0.0609. The number of methoxy groups -OCH3 is 2.